The van der Waals surface area contributed by atoms with E-state index in [1.165, 1.54) is 11.8 Å². The second-order valence-corrected chi connectivity index (χ2v) is 14.6. The number of ether oxygens (including phenoxy) is 2. The summed E-state index contributed by atoms with van der Waals surface area (Å²) in [6.45, 7) is 9.49. The van der Waals surface area contributed by atoms with Crippen LogP contribution in [0.25, 0.3) is 0 Å². The molecule has 1 unspecified atom stereocenters. The van der Waals surface area contributed by atoms with Crippen LogP contribution in [0, 0.1) is 5.92 Å². The lowest BCUT2D eigenvalue weighted by molar-refractivity contribution is -0.143. The summed E-state index contributed by atoms with van der Waals surface area (Å²) in [4.78, 5) is 28.3. The summed E-state index contributed by atoms with van der Waals surface area (Å²) in [5.41, 5.74) is 0.731. The van der Waals surface area contributed by atoms with E-state index in [1.54, 1.807) is 18.2 Å². The second-order valence-electron chi connectivity index (χ2n) is 8.93. The lowest BCUT2D eigenvalue weighted by Crippen LogP contribution is -2.28. The van der Waals surface area contributed by atoms with Crippen molar-refractivity contribution < 1.29 is 24.2 Å². The Morgan fingerprint density at radius 3 is 2.62 bits per heavy atom. The van der Waals surface area contributed by atoms with Crippen molar-refractivity contribution in [2.75, 3.05) is 13.7 Å². The third-order valence-electron chi connectivity index (χ3n) is 5.13. The Bertz CT molecular complexity index is 899. The second kappa shape index (κ2) is 11.8. The highest BCUT2D eigenvalue weighted by Gasteiger charge is 2.33. The molecule has 1 N–H and O–H groups in total. The molecule has 176 valence electrons. The minimum absolute atomic E-state index is 0.150. The van der Waals surface area contributed by atoms with Crippen LogP contribution in [0.2, 0.25) is 25.7 Å². The van der Waals surface area contributed by atoms with Crippen molar-refractivity contribution in [3.8, 4) is 0 Å². The number of tetrazole rings is 1. The molecule has 2 heterocycles. The van der Waals surface area contributed by atoms with Gasteiger partial charge in [0.15, 0.2) is 5.82 Å². The molecule has 0 aliphatic heterocycles. The van der Waals surface area contributed by atoms with Crippen molar-refractivity contribution >= 4 is 20.0 Å². The summed E-state index contributed by atoms with van der Waals surface area (Å²) >= 11 is 0. The van der Waals surface area contributed by atoms with Crippen LogP contribution in [0.1, 0.15) is 47.7 Å². The van der Waals surface area contributed by atoms with Crippen molar-refractivity contribution in [1.82, 2.24) is 25.2 Å². The minimum atomic E-state index is -1.24. The quantitative estimate of drug-likeness (QED) is 0.271. The van der Waals surface area contributed by atoms with Crippen LogP contribution >= 0.6 is 0 Å². The molecule has 0 saturated carbocycles. The normalized spacial score (nSPS) is 13.5. The van der Waals surface area contributed by atoms with Gasteiger partial charge in [-0.15, -0.1) is 5.10 Å². The number of esters is 1. The topological polar surface area (TPSA) is 129 Å². The van der Waals surface area contributed by atoms with Crippen LogP contribution in [0.15, 0.2) is 18.2 Å². The average molecular weight is 464 g/mol. The molecule has 2 atom stereocenters. The van der Waals surface area contributed by atoms with Gasteiger partial charge in [-0.1, -0.05) is 39.1 Å². The fraction of sp³-hybridized carbons (Fsp3) is 0.619. The van der Waals surface area contributed by atoms with Gasteiger partial charge in [-0.25, -0.2) is 14.5 Å². The van der Waals surface area contributed by atoms with Crippen molar-refractivity contribution in [3.63, 3.8) is 0 Å². The zero-order valence-corrected chi connectivity index (χ0v) is 20.4. The molecule has 0 radical (unpaired) electrons. The number of aliphatic carboxylic acids is 1. The summed E-state index contributed by atoms with van der Waals surface area (Å²) in [6, 6.07) is 6.01. The van der Waals surface area contributed by atoms with Gasteiger partial charge >= 0.3 is 11.9 Å². The van der Waals surface area contributed by atoms with Crippen molar-refractivity contribution in [1.29, 1.82) is 0 Å². The number of rotatable bonds is 13. The lowest BCUT2D eigenvalue weighted by Gasteiger charge is -2.23. The Labute approximate surface area is 189 Å². The number of carbonyl (C=O) groups is 2. The molecule has 2 rings (SSSR count). The van der Waals surface area contributed by atoms with E-state index in [4.69, 9.17) is 9.47 Å². The lowest BCUT2D eigenvalue weighted by atomic mass is 9.84. The van der Waals surface area contributed by atoms with Gasteiger partial charge < -0.3 is 14.6 Å². The summed E-state index contributed by atoms with van der Waals surface area (Å²) in [7, 11) is 0.0524. The van der Waals surface area contributed by atoms with E-state index in [-0.39, 0.29) is 18.8 Å². The summed E-state index contributed by atoms with van der Waals surface area (Å²) in [6.07, 6.45) is 1.41. The molecule has 0 saturated heterocycles. The van der Waals surface area contributed by atoms with E-state index in [2.05, 4.69) is 40.2 Å². The summed E-state index contributed by atoms with van der Waals surface area (Å²) in [5, 5.41) is 21.9. The monoisotopic (exact) mass is 463 g/mol. The number of carbonyl (C=O) groups excluding carboxylic acids is 1. The highest BCUT2D eigenvalue weighted by molar-refractivity contribution is 6.76. The van der Waals surface area contributed by atoms with Gasteiger partial charge in [0.1, 0.15) is 12.4 Å². The Morgan fingerprint density at radius 1 is 1.25 bits per heavy atom. The van der Waals surface area contributed by atoms with Crippen molar-refractivity contribution in [2.24, 2.45) is 5.92 Å². The van der Waals surface area contributed by atoms with Crippen LogP contribution < -0.4 is 0 Å². The number of hydrogen-bond acceptors (Lipinski definition) is 8. The Hall–Kier alpha value is -2.66. The largest absolute Gasteiger partial charge is 0.481 e. The number of pyridine rings is 1. The molecular formula is C21H33N5O5Si. The minimum Gasteiger partial charge on any atom is -0.481 e. The number of aromatic nitrogens is 5. The molecule has 0 aliphatic carbocycles. The zero-order chi connectivity index (χ0) is 23.7. The number of carboxylic acids is 1. The first-order valence-electron chi connectivity index (χ1n) is 10.8. The zero-order valence-electron chi connectivity index (χ0n) is 19.4. The van der Waals surface area contributed by atoms with Gasteiger partial charge in [-0.2, -0.15) is 0 Å². The highest BCUT2D eigenvalue weighted by atomic mass is 28.3. The summed E-state index contributed by atoms with van der Waals surface area (Å²) < 4.78 is 12.1. The molecular weight excluding hydrogens is 430 g/mol. The Kier molecular flexibility index (Phi) is 9.45. The number of nitrogens with zero attached hydrogens (tertiary/aromatic N) is 5. The molecule has 11 heteroatoms. The predicted molar refractivity (Wildman–Crippen MR) is 120 cm³/mol. The molecule has 2 aromatic rings. The van der Waals surface area contributed by atoms with Gasteiger partial charge in [0.2, 0.25) is 0 Å². The maximum atomic E-state index is 12.1. The van der Waals surface area contributed by atoms with Gasteiger partial charge in [0, 0.05) is 32.7 Å². The van der Waals surface area contributed by atoms with E-state index >= 15 is 0 Å². The fourth-order valence-corrected chi connectivity index (χ4v) is 4.11. The van der Waals surface area contributed by atoms with Crippen LogP contribution in [-0.4, -0.2) is 64.0 Å². The SMILES string of the molecule is CCCC(C(=O)O)[C@H](Cc1cccc(C(=O)OC)n1)c1nnnn1COCC[Si](C)(C)C. The maximum Gasteiger partial charge on any atom is 0.356 e. The van der Waals surface area contributed by atoms with E-state index in [0.717, 1.165) is 6.04 Å². The van der Waals surface area contributed by atoms with Crippen molar-refractivity contribution in [3.05, 3.63) is 35.4 Å². The van der Waals surface area contributed by atoms with Gasteiger partial charge in [-0.3, -0.25) is 4.79 Å². The van der Waals surface area contributed by atoms with E-state index in [1.807, 2.05) is 6.92 Å². The molecule has 0 bridgehead atoms. The number of methoxy groups -OCH3 is 1. The molecule has 2 aromatic heterocycles. The standard InChI is InChI=1S/C21H33N5O5Si/c1-6-8-16(20(27)28)17(13-15-9-7-10-18(22-15)21(29)30-2)19-23-24-25-26(19)14-31-11-12-32(3,4)5/h7,9-10,16-17H,6,8,11-14H2,1-5H3,(H,27,28)/t16?,17-/m0/s1. The van der Waals surface area contributed by atoms with E-state index < -0.39 is 31.8 Å². The number of hydrogen-bond donors (Lipinski definition) is 1. The van der Waals surface area contributed by atoms with Crippen molar-refractivity contribution in [2.45, 2.75) is 64.5 Å². The van der Waals surface area contributed by atoms with E-state index in [0.29, 0.717) is 31.0 Å². The number of carboxylic acid groups (broad SMARTS) is 1. The summed E-state index contributed by atoms with van der Waals surface area (Å²) in [5.74, 6) is -2.29. The van der Waals surface area contributed by atoms with E-state index in [9.17, 15) is 14.7 Å². The van der Waals surface area contributed by atoms with Crippen LogP contribution in [-0.2, 0) is 27.4 Å². The van der Waals surface area contributed by atoms with Gasteiger partial charge in [0.05, 0.1) is 13.0 Å². The first kappa shape index (κ1) is 25.6. The third kappa shape index (κ3) is 7.48. The van der Waals surface area contributed by atoms with Crippen LogP contribution in [0.5, 0.6) is 0 Å². The van der Waals surface area contributed by atoms with Gasteiger partial charge in [-0.05, 0) is 35.0 Å². The Morgan fingerprint density at radius 2 is 2.00 bits per heavy atom. The fourth-order valence-electron chi connectivity index (χ4n) is 3.36. The molecule has 32 heavy (non-hydrogen) atoms. The molecule has 0 fully saturated rings. The molecule has 0 aromatic carbocycles. The Balaban J connectivity index is 2.30. The smallest absolute Gasteiger partial charge is 0.356 e. The molecule has 0 spiro atoms. The molecule has 0 aliphatic rings. The third-order valence-corrected chi connectivity index (χ3v) is 6.84. The van der Waals surface area contributed by atoms with Gasteiger partial charge in [0.25, 0.3) is 0 Å². The average Bonchev–Trinajstić information content (AvgIpc) is 3.20. The van der Waals surface area contributed by atoms with Crippen LogP contribution in [0.4, 0.5) is 0 Å². The highest BCUT2D eigenvalue weighted by Crippen LogP contribution is 2.30. The van der Waals surface area contributed by atoms with Crippen LogP contribution in [0.3, 0.4) is 0 Å². The molecule has 0 amide bonds. The maximum absolute atomic E-state index is 12.1. The first-order chi connectivity index (χ1) is 15.2. The first-order valence-corrected chi connectivity index (χ1v) is 14.5. The molecule has 10 nitrogen and oxygen atoms in total. The predicted octanol–water partition coefficient (Wildman–Crippen LogP) is 2.99.